The first-order chi connectivity index (χ1) is 14.3. The Morgan fingerprint density at radius 3 is 2.47 bits per heavy atom. The molecule has 3 rings (SSSR count). The molecule has 30 heavy (non-hydrogen) atoms. The van der Waals surface area contributed by atoms with Gasteiger partial charge in [0.25, 0.3) is 5.91 Å². The average molecular weight is 435 g/mol. The van der Waals surface area contributed by atoms with E-state index >= 15 is 0 Å². The minimum atomic E-state index is -3.59. The lowest BCUT2D eigenvalue weighted by molar-refractivity contribution is -0.119. The van der Waals surface area contributed by atoms with Gasteiger partial charge in [-0.1, -0.05) is 19.3 Å². The molecule has 0 unspecified atom stereocenters. The largest absolute Gasteiger partial charge is 0.452 e. The molecule has 0 radical (unpaired) electrons. The van der Waals surface area contributed by atoms with Crippen LogP contribution in [-0.4, -0.2) is 54.1 Å². The van der Waals surface area contributed by atoms with Gasteiger partial charge in [-0.25, -0.2) is 13.2 Å². The van der Waals surface area contributed by atoms with E-state index < -0.39 is 28.5 Å². The van der Waals surface area contributed by atoms with Crippen molar-refractivity contribution in [2.45, 2.75) is 43.0 Å². The van der Waals surface area contributed by atoms with Gasteiger partial charge in [0, 0.05) is 32.0 Å². The van der Waals surface area contributed by atoms with Crippen molar-refractivity contribution in [3.05, 3.63) is 42.2 Å². The molecule has 1 fully saturated rings. The number of aryl methyl sites for hydroxylation is 1. The molecule has 0 saturated heterocycles. The van der Waals surface area contributed by atoms with Crippen molar-refractivity contribution in [1.82, 2.24) is 14.1 Å². The maximum atomic E-state index is 12.9. The van der Waals surface area contributed by atoms with Crippen LogP contribution in [0.3, 0.4) is 0 Å². The van der Waals surface area contributed by atoms with Crippen molar-refractivity contribution in [2.24, 2.45) is 7.05 Å². The predicted octanol–water partition coefficient (Wildman–Crippen LogP) is 2.17. The van der Waals surface area contributed by atoms with Crippen molar-refractivity contribution in [3.63, 3.8) is 0 Å². The van der Waals surface area contributed by atoms with Crippen molar-refractivity contribution in [2.75, 3.05) is 19.0 Å². The van der Waals surface area contributed by atoms with E-state index in [2.05, 4.69) is 10.4 Å². The highest BCUT2D eigenvalue weighted by Gasteiger charge is 2.28. The Kier molecular flexibility index (Phi) is 6.88. The SMILES string of the molecule is CN(C1CCCCC1)S(=O)(=O)c1ccc(NC(=O)COC(=O)c2cnn(C)c2)cc1. The van der Waals surface area contributed by atoms with Gasteiger partial charge in [-0.15, -0.1) is 0 Å². The van der Waals surface area contributed by atoms with Crippen molar-refractivity contribution >= 4 is 27.6 Å². The summed E-state index contributed by atoms with van der Waals surface area (Å²) < 4.78 is 33.6. The third kappa shape index (κ3) is 5.25. The van der Waals surface area contributed by atoms with E-state index in [4.69, 9.17) is 4.74 Å². The number of aromatic nitrogens is 2. The van der Waals surface area contributed by atoms with Crippen molar-refractivity contribution in [3.8, 4) is 0 Å². The highest BCUT2D eigenvalue weighted by atomic mass is 32.2. The molecule has 162 valence electrons. The topological polar surface area (TPSA) is 111 Å². The average Bonchev–Trinajstić information content (AvgIpc) is 3.19. The van der Waals surface area contributed by atoms with Crippen molar-refractivity contribution in [1.29, 1.82) is 0 Å². The lowest BCUT2D eigenvalue weighted by Crippen LogP contribution is -2.38. The van der Waals surface area contributed by atoms with Crippen LogP contribution in [0.25, 0.3) is 0 Å². The summed E-state index contributed by atoms with van der Waals surface area (Å²) in [5.74, 6) is -1.17. The Bertz CT molecular complexity index is 994. The monoisotopic (exact) mass is 434 g/mol. The Morgan fingerprint density at radius 2 is 1.87 bits per heavy atom. The molecule has 1 amide bonds. The molecule has 1 aromatic heterocycles. The molecule has 1 heterocycles. The van der Waals surface area contributed by atoms with E-state index in [0.29, 0.717) is 5.69 Å². The van der Waals surface area contributed by atoms with Gasteiger partial charge in [0.15, 0.2) is 6.61 Å². The van der Waals surface area contributed by atoms with Crippen LogP contribution < -0.4 is 5.32 Å². The molecule has 10 heteroatoms. The number of anilines is 1. The Labute approximate surface area is 176 Å². The maximum absolute atomic E-state index is 12.9. The fourth-order valence-corrected chi connectivity index (χ4v) is 4.87. The van der Waals surface area contributed by atoms with Crippen LogP contribution >= 0.6 is 0 Å². The number of carbonyl (C=O) groups is 2. The van der Waals surface area contributed by atoms with Gasteiger partial charge in [0.1, 0.15) is 0 Å². The van der Waals surface area contributed by atoms with Crippen LogP contribution in [0, 0.1) is 0 Å². The van der Waals surface area contributed by atoms with Crippen LogP contribution in [0.1, 0.15) is 42.5 Å². The van der Waals surface area contributed by atoms with Gasteiger partial charge < -0.3 is 10.1 Å². The molecule has 1 aliphatic carbocycles. The molecule has 9 nitrogen and oxygen atoms in total. The molecule has 0 atom stereocenters. The smallest absolute Gasteiger partial charge is 0.341 e. The molecular weight excluding hydrogens is 408 g/mol. The molecule has 0 spiro atoms. The predicted molar refractivity (Wildman–Crippen MR) is 110 cm³/mol. The zero-order valence-corrected chi connectivity index (χ0v) is 17.9. The summed E-state index contributed by atoms with van der Waals surface area (Å²) in [6.45, 7) is -0.460. The fraction of sp³-hybridized carbons (Fsp3) is 0.450. The number of nitrogens with zero attached hydrogens (tertiary/aromatic N) is 3. The highest BCUT2D eigenvalue weighted by molar-refractivity contribution is 7.89. The zero-order valence-electron chi connectivity index (χ0n) is 17.1. The lowest BCUT2D eigenvalue weighted by Gasteiger charge is -2.30. The lowest BCUT2D eigenvalue weighted by atomic mass is 9.96. The number of hydrogen-bond donors (Lipinski definition) is 1. The second-order valence-electron chi connectivity index (χ2n) is 7.36. The first-order valence-corrected chi connectivity index (χ1v) is 11.2. The third-order valence-electron chi connectivity index (χ3n) is 5.18. The summed E-state index contributed by atoms with van der Waals surface area (Å²) >= 11 is 0. The molecule has 1 aliphatic rings. The number of hydrogen-bond acceptors (Lipinski definition) is 6. The normalized spacial score (nSPS) is 15.2. The van der Waals surface area contributed by atoms with E-state index in [1.807, 2.05) is 0 Å². The highest BCUT2D eigenvalue weighted by Crippen LogP contribution is 2.27. The number of amides is 1. The number of nitrogens with one attached hydrogen (secondary N) is 1. The molecule has 0 bridgehead atoms. The molecule has 0 aliphatic heterocycles. The summed E-state index contributed by atoms with van der Waals surface area (Å²) in [6.07, 6.45) is 7.83. The van der Waals surface area contributed by atoms with Crippen molar-refractivity contribution < 1.29 is 22.7 Å². The summed E-state index contributed by atoms with van der Waals surface area (Å²) in [5, 5.41) is 6.45. The van der Waals surface area contributed by atoms with Crippen LogP contribution in [0.5, 0.6) is 0 Å². The summed E-state index contributed by atoms with van der Waals surface area (Å²) in [5.41, 5.74) is 0.665. The first-order valence-electron chi connectivity index (χ1n) is 9.81. The van der Waals surface area contributed by atoms with E-state index in [1.165, 1.54) is 45.6 Å². The quantitative estimate of drug-likeness (QED) is 0.669. The Morgan fingerprint density at radius 1 is 1.20 bits per heavy atom. The molecular formula is C20H26N4O5S. The van der Waals surface area contributed by atoms with E-state index in [1.54, 1.807) is 14.1 Å². The number of esters is 1. The van der Waals surface area contributed by atoms with Gasteiger partial charge in [0.2, 0.25) is 10.0 Å². The Balaban J connectivity index is 1.55. The molecule has 1 saturated carbocycles. The first kappa shape index (κ1) is 22.0. The number of benzene rings is 1. The minimum Gasteiger partial charge on any atom is -0.452 e. The fourth-order valence-electron chi connectivity index (χ4n) is 3.46. The summed E-state index contributed by atoms with van der Waals surface area (Å²) in [4.78, 5) is 24.0. The number of sulfonamides is 1. The van der Waals surface area contributed by atoms with Gasteiger partial charge >= 0.3 is 5.97 Å². The zero-order chi connectivity index (χ0) is 21.7. The van der Waals surface area contributed by atoms with Gasteiger partial charge in [-0.2, -0.15) is 9.40 Å². The second-order valence-corrected chi connectivity index (χ2v) is 9.36. The van der Waals surface area contributed by atoms with Crippen LogP contribution in [0.4, 0.5) is 5.69 Å². The number of rotatable bonds is 7. The van der Waals surface area contributed by atoms with Gasteiger partial charge in [-0.05, 0) is 37.1 Å². The van der Waals surface area contributed by atoms with Crippen LogP contribution in [0.2, 0.25) is 0 Å². The second kappa shape index (κ2) is 9.40. The minimum absolute atomic E-state index is 0.0256. The van der Waals surface area contributed by atoms with E-state index in [0.717, 1.165) is 32.1 Å². The van der Waals surface area contributed by atoms with E-state index in [9.17, 15) is 18.0 Å². The standard InChI is InChI=1S/C20H26N4O5S/c1-23-13-15(12-21-23)20(26)29-14-19(25)22-16-8-10-18(11-9-16)30(27,28)24(2)17-6-4-3-5-7-17/h8-13,17H,3-7,14H2,1-2H3,(H,22,25). The Hall–Kier alpha value is -2.72. The van der Waals surface area contributed by atoms with Gasteiger partial charge in [0.05, 0.1) is 16.7 Å². The summed E-state index contributed by atoms with van der Waals surface area (Å²) in [6, 6.07) is 5.99. The third-order valence-corrected chi connectivity index (χ3v) is 7.10. The number of ether oxygens (including phenoxy) is 1. The molecule has 2 aromatic rings. The molecule has 1 aromatic carbocycles. The molecule has 1 N–H and O–H groups in total. The maximum Gasteiger partial charge on any atom is 0.341 e. The van der Waals surface area contributed by atoms with Gasteiger partial charge in [-0.3, -0.25) is 9.48 Å². The van der Waals surface area contributed by atoms with Crippen LogP contribution in [-0.2, 0) is 26.6 Å². The van der Waals surface area contributed by atoms with E-state index in [-0.39, 0.29) is 16.5 Å². The number of carbonyl (C=O) groups excluding carboxylic acids is 2. The summed E-state index contributed by atoms with van der Waals surface area (Å²) in [7, 11) is -0.301. The van der Waals surface area contributed by atoms with Crippen LogP contribution in [0.15, 0.2) is 41.6 Å².